The SMILES string of the molecule is Cc1ccc(N(c2ccccc2)c2c3ccccc3cc3c2c2cccc4c5c(N(c6ccccc6)c6ccc(C)cc6C)c6ccccc6cc5n3c24)c(C)c1.c1ccc(-c2cccc(N(c3ccccc3)c3c4ccccc4cc4c3c3cccc5c6c(N(c7ccccc7)c7cccc(-c8ccccc8)c7)c7ccccc7cc6n4c35)c2)cc1. The molecule has 0 amide bonds. The van der Waals surface area contributed by atoms with E-state index in [4.69, 9.17) is 0 Å². The van der Waals surface area contributed by atoms with Gasteiger partial charge >= 0.3 is 0 Å². The Hall–Kier alpha value is -15.8. The third-order valence-corrected chi connectivity index (χ3v) is 25.1. The van der Waals surface area contributed by atoms with Crippen LogP contribution in [0.3, 0.4) is 0 Å². The molecule has 0 atom stereocenters. The lowest BCUT2D eigenvalue weighted by molar-refractivity contribution is 1.25. The molecule has 0 aliphatic heterocycles. The molecule has 0 fully saturated rings. The van der Waals surface area contributed by atoms with Gasteiger partial charge in [-0.2, -0.15) is 0 Å². The number of hydrogen-bond acceptors (Lipinski definition) is 4. The predicted octanol–water partition coefficient (Wildman–Crippen LogP) is 32.7. The van der Waals surface area contributed by atoms with Gasteiger partial charge in [-0.3, -0.25) is 0 Å². The molecular formula is C116H82N6. The Kier molecular flexibility index (Phi) is 17.1. The minimum absolute atomic E-state index is 1.11. The molecule has 122 heavy (non-hydrogen) atoms. The Labute approximate surface area is 708 Å². The molecule has 0 spiro atoms. The second-order valence-electron chi connectivity index (χ2n) is 32.5. The van der Waals surface area contributed by atoms with Crippen molar-refractivity contribution in [3.8, 4) is 22.3 Å². The molecule has 4 aromatic heterocycles. The van der Waals surface area contributed by atoms with E-state index in [-0.39, 0.29) is 0 Å². The summed E-state index contributed by atoms with van der Waals surface area (Å²) in [6, 6.07) is 156. The number of benzene rings is 20. The molecule has 6 nitrogen and oxygen atoms in total. The van der Waals surface area contributed by atoms with Gasteiger partial charge in [0, 0.05) is 110 Å². The standard InChI is InChI=1S/C62H41N3.C54H41N3/c1-5-20-42(21-6-1)44-26-17-32-50(38-44)63(48-28-9-3-10-29-48)61-52-34-15-13-24-46(52)40-56-58(61)54-36-19-37-55-59-57(65(56)60(54)55)41-47-25-14-16-35-53(47)62(59)64(49-30-11-4-12-31-49)51-33-18-27-45(39-51)43-22-7-2-8-23-43;1-34-26-28-46(36(3)30-34)55(40-18-7-5-8-19-40)53-42-22-13-11-16-38(42)32-48-50(53)44-24-15-25-45-51-49(57(48)52(44)45)33-39-17-12-14-23-43(39)54(51)56(41-20-9-6-10-21-41)47-29-27-35(2)31-37(47)4/h1-41H;5-33H,1-4H3. The molecule has 0 aliphatic rings. The van der Waals surface area contributed by atoms with Gasteiger partial charge in [-0.15, -0.1) is 0 Å². The Morgan fingerprint density at radius 1 is 0.180 bits per heavy atom. The first kappa shape index (κ1) is 71.5. The second-order valence-corrected chi connectivity index (χ2v) is 32.5. The van der Waals surface area contributed by atoms with E-state index in [9.17, 15) is 0 Å². The van der Waals surface area contributed by atoms with E-state index in [2.05, 4.69) is 481 Å². The summed E-state index contributed by atoms with van der Waals surface area (Å²) in [5.41, 5.74) is 30.8. The molecule has 0 N–H and O–H groups in total. The van der Waals surface area contributed by atoms with Crippen molar-refractivity contribution in [1.29, 1.82) is 0 Å². The quantitative estimate of drug-likeness (QED) is 0.108. The summed E-state index contributed by atoms with van der Waals surface area (Å²) < 4.78 is 5.13. The van der Waals surface area contributed by atoms with Gasteiger partial charge in [-0.05, 0) is 192 Å². The van der Waals surface area contributed by atoms with Gasteiger partial charge in [0.15, 0.2) is 0 Å². The number of aromatic nitrogens is 2. The highest BCUT2D eigenvalue weighted by Gasteiger charge is 2.33. The van der Waals surface area contributed by atoms with E-state index in [1.165, 1.54) is 198 Å². The van der Waals surface area contributed by atoms with Gasteiger partial charge in [-0.1, -0.05) is 327 Å². The van der Waals surface area contributed by atoms with Crippen LogP contribution in [0.1, 0.15) is 22.3 Å². The zero-order chi connectivity index (χ0) is 81.2. The van der Waals surface area contributed by atoms with Crippen molar-refractivity contribution in [3.05, 3.63) is 447 Å². The lowest BCUT2D eigenvalue weighted by Gasteiger charge is -2.30. The molecular weight excluding hydrogens is 1480 g/mol. The van der Waals surface area contributed by atoms with Crippen molar-refractivity contribution in [2.45, 2.75) is 27.7 Å². The van der Waals surface area contributed by atoms with Crippen molar-refractivity contribution in [2.24, 2.45) is 0 Å². The van der Waals surface area contributed by atoms with Crippen molar-refractivity contribution in [1.82, 2.24) is 8.80 Å². The first-order valence-electron chi connectivity index (χ1n) is 42.2. The van der Waals surface area contributed by atoms with E-state index in [0.717, 1.165) is 34.1 Å². The van der Waals surface area contributed by atoms with Crippen LogP contribution in [0.25, 0.3) is 142 Å². The third-order valence-electron chi connectivity index (χ3n) is 25.1. The molecule has 0 saturated heterocycles. The number of para-hydroxylation sites is 6. The minimum Gasteiger partial charge on any atom is -0.309 e. The lowest BCUT2D eigenvalue weighted by atomic mass is 9.97. The monoisotopic (exact) mass is 1560 g/mol. The van der Waals surface area contributed by atoms with Crippen LogP contribution >= 0.6 is 0 Å². The highest BCUT2D eigenvalue weighted by molar-refractivity contribution is 6.36. The lowest BCUT2D eigenvalue weighted by Crippen LogP contribution is -2.13. The van der Waals surface area contributed by atoms with Crippen LogP contribution in [0, 0.1) is 27.7 Å². The van der Waals surface area contributed by atoms with Crippen LogP contribution in [0.15, 0.2) is 425 Å². The topological polar surface area (TPSA) is 21.8 Å². The minimum atomic E-state index is 1.11. The first-order chi connectivity index (χ1) is 60.2. The van der Waals surface area contributed by atoms with Crippen LogP contribution in [0.5, 0.6) is 0 Å². The number of rotatable bonds is 14. The van der Waals surface area contributed by atoms with Gasteiger partial charge in [0.2, 0.25) is 0 Å². The number of hydrogen-bond donors (Lipinski definition) is 0. The normalized spacial score (nSPS) is 11.8. The van der Waals surface area contributed by atoms with Crippen molar-refractivity contribution in [3.63, 3.8) is 0 Å². The fourth-order valence-corrected chi connectivity index (χ4v) is 20.0. The summed E-state index contributed by atoms with van der Waals surface area (Å²) in [6.07, 6.45) is 0. The molecule has 6 heteroatoms. The van der Waals surface area contributed by atoms with Crippen LogP contribution in [-0.2, 0) is 0 Å². The third kappa shape index (κ3) is 11.5. The fraction of sp³-hybridized carbons (Fsp3) is 0.0345. The molecule has 20 aromatic carbocycles. The average Bonchev–Trinajstić information content (AvgIpc) is 1.52. The highest BCUT2D eigenvalue weighted by atomic mass is 15.2. The summed E-state index contributed by atoms with van der Waals surface area (Å²) >= 11 is 0. The summed E-state index contributed by atoms with van der Waals surface area (Å²) in [5.74, 6) is 0. The molecule has 0 saturated carbocycles. The van der Waals surface area contributed by atoms with Crippen LogP contribution in [0.4, 0.5) is 68.2 Å². The maximum absolute atomic E-state index is 2.57. The molecule has 0 bridgehead atoms. The number of anilines is 12. The summed E-state index contributed by atoms with van der Waals surface area (Å²) in [6.45, 7) is 8.83. The maximum Gasteiger partial charge on any atom is 0.0640 e. The van der Waals surface area contributed by atoms with E-state index in [1.54, 1.807) is 0 Å². The first-order valence-corrected chi connectivity index (χ1v) is 42.2. The number of aryl methyl sites for hydroxylation is 4. The molecule has 0 radical (unpaired) electrons. The molecule has 24 aromatic rings. The van der Waals surface area contributed by atoms with E-state index in [0.29, 0.717) is 0 Å². The maximum atomic E-state index is 2.57. The van der Waals surface area contributed by atoms with E-state index >= 15 is 0 Å². The molecule has 0 aliphatic carbocycles. The van der Waals surface area contributed by atoms with E-state index < -0.39 is 0 Å². The summed E-state index contributed by atoms with van der Waals surface area (Å²) in [5, 5.41) is 19.6. The number of fused-ring (bicyclic) bond motifs is 16. The molecule has 0 unspecified atom stereocenters. The van der Waals surface area contributed by atoms with Crippen molar-refractivity contribution < 1.29 is 0 Å². The van der Waals surface area contributed by atoms with Gasteiger partial charge in [-0.25, -0.2) is 0 Å². The Morgan fingerprint density at radius 2 is 0.418 bits per heavy atom. The highest BCUT2D eigenvalue weighted by Crippen LogP contribution is 2.57. The molecule has 576 valence electrons. The van der Waals surface area contributed by atoms with Crippen molar-refractivity contribution in [2.75, 3.05) is 19.6 Å². The second kappa shape index (κ2) is 29.1. The van der Waals surface area contributed by atoms with Gasteiger partial charge < -0.3 is 28.4 Å². The number of nitrogens with zero attached hydrogens (tertiary/aromatic N) is 6. The fourth-order valence-electron chi connectivity index (χ4n) is 20.0. The van der Waals surface area contributed by atoms with Crippen LogP contribution < -0.4 is 19.6 Å². The molecule has 24 rings (SSSR count). The Bertz CT molecular complexity index is 7710. The van der Waals surface area contributed by atoms with Crippen LogP contribution in [0.2, 0.25) is 0 Å². The molecule has 4 heterocycles. The van der Waals surface area contributed by atoms with E-state index in [1.807, 2.05) is 0 Å². The van der Waals surface area contributed by atoms with Gasteiger partial charge in [0.25, 0.3) is 0 Å². The largest absolute Gasteiger partial charge is 0.309 e. The summed E-state index contributed by atoms with van der Waals surface area (Å²) in [7, 11) is 0. The van der Waals surface area contributed by atoms with Crippen LogP contribution in [-0.4, -0.2) is 8.80 Å². The van der Waals surface area contributed by atoms with Crippen molar-refractivity contribution >= 4 is 188 Å². The van der Waals surface area contributed by atoms with Gasteiger partial charge in [0.1, 0.15) is 0 Å². The average molecular weight is 1560 g/mol. The summed E-state index contributed by atoms with van der Waals surface area (Å²) in [4.78, 5) is 9.97. The predicted molar refractivity (Wildman–Crippen MR) is 521 cm³/mol. The Balaban J connectivity index is 0.000000143. The zero-order valence-corrected chi connectivity index (χ0v) is 68.1. The smallest absolute Gasteiger partial charge is 0.0640 e. The van der Waals surface area contributed by atoms with Gasteiger partial charge in [0.05, 0.1) is 55.8 Å². The zero-order valence-electron chi connectivity index (χ0n) is 68.1. The Morgan fingerprint density at radius 3 is 0.721 bits per heavy atom.